The van der Waals surface area contributed by atoms with Gasteiger partial charge in [-0.05, 0) is 73.4 Å². The van der Waals surface area contributed by atoms with Gasteiger partial charge in [0.1, 0.15) is 13.2 Å². The number of esters is 1. The summed E-state index contributed by atoms with van der Waals surface area (Å²) >= 11 is 0. The summed E-state index contributed by atoms with van der Waals surface area (Å²) in [6.07, 6.45) is 3.73. The molecule has 2 aromatic heterocycles. The highest BCUT2D eigenvalue weighted by Gasteiger charge is 2.45. The number of hydrogen-bond acceptors (Lipinski definition) is 15. The Hall–Kier alpha value is -8.14. The molecule has 0 unspecified atom stereocenters. The summed E-state index contributed by atoms with van der Waals surface area (Å²) in [6, 6.07) is 10.0. The molecule has 0 saturated heterocycles. The summed E-state index contributed by atoms with van der Waals surface area (Å²) in [5.41, 5.74) is 6.68. The van der Waals surface area contributed by atoms with E-state index in [0.717, 1.165) is 4.90 Å². The number of ketones is 1. The number of hydrogen-bond donors (Lipinski definition) is 6. The molecule has 4 aromatic rings. The van der Waals surface area contributed by atoms with E-state index in [1.165, 1.54) is 16.7 Å². The van der Waals surface area contributed by atoms with E-state index in [0.29, 0.717) is 81.9 Å². The van der Waals surface area contributed by atoms with Crippen LogP contribution in [-0.2, 0) is 70.1 Å². The molecule has 22 heteroatoms. The van der Waals surface area contributed by atoms with E-state index in [-0.39, 0.29) is 112 Å². The van der Waals surface area contributed by atoms with E-state index < -0.39 is 47.1 Å². The molecular formula is C52H58N8O14. The number of nitrogens with one attached hydrogen (secondary N) is 4. The zero-order valence-corrected chi connectivity index (χ0v) is 41.2. The van der Waals surface area contributed by atoms with Gasteiger partial charge < -0.3 is 55.6 Å². The topological polar surface area (TPSA) is 306 Å². The van der Waals surface area contributed by atoms with Gasteiger partial charge in [0, 0.05) is 78.8 Å². The molecule has 6 heterocycles. The lowest BCUT2D eigenvalue weighted by molar-refractivity contribution is -0.172. The van der Waals surface area contributed by atoms with E-state index >= 15 is 0 Å². The minimum Gasteiger partial charge on any atom is -0.458 e. The van der Waals surface area contributed by atoms with Crippen LogP contribution in [-0.4, -0.2) is 93.0 Å². The van der Waals surface area contributed by atoms with Gasteiger partial charge in [-0.1, -0.05) is 39.3 Å². The molecule has 0 saturated carbocycles. The number of cyclic esters (lactones) is 1. The first kappa shape index (κ1) is 52.2. The molecule has 0 spiro atoms. The van der Waals surface area contributed by atoms with Crippen LogP contribution in [0.25, 0.3) is 22.3 Å². The third kappa shape index (κ3) is 11.2. The molecule has 74 heavy (non-hydrogen) atoms. The molecule has 0 fully saturated rings. The quantitative estimate of drug-likeness (QED) is 0.0326. The van der Waals surface area contributed by atoms with Crippen molar-refractivity contribution in [2.24, 2.45) is 17.6 Å². The zero-order chi connectivity index (χ0) is 52.8. The fourth-order valence-electron chi connectivity index (χ4n) is 9.55. The van der Waals surface area contributed by atoms with Gasteiger partial charge in [0.2, 0.25) is 18.6 Å². The first-order valence-electron chi connectivity index (χ1n) is 24.6. The minimum atomic E-state index is -2.01. The number of primary amides is 1. The van der Waals surface area contributed by atoms with Crippen molar-refractivity contribution in [2.75, 3.05) is 25.2 Å². The van der Waals surface area contributed by atoms with Crippen LogP contribution in [0.5, 0.6) is 11.5 Å². The van der Waals surface area contributed by atoms with Crippen LogP contribution < -0.4 is 42.0 Å². The maximum atomic E-state index is 13.9. The maximum absolute atomic E-state index is 13.9. The van der Waals surface area contributed by atoms with Crippen LogP contribution in [0, 0.1) is 11.8 Å². The number of carbonyl (C=O) groups excluding carboxylic acids is 8. The molecule has 3 atom stereocenters. The number of alkyl carbamates (subject to hydrolysis) is 1. The van der Waals surface area contributed by atoms with E-state index in [1.54, 1.807) is 63.2 Å². The van der Waals surface area contributed by atoms with Gasteiger partial charge >= 0.3 is 18.1 Å². The number of aromatic nitrogens is 2. The molecule has 4 aliphatic heterocycles. The molecular weight excluding hydrogens is 961 g/mol. The Balaban J connectivity index is 0.881. The highest BCUT2D eigenvalue weighted by molar-refractivity contribution is 6.12. The number of carbonyl (C=O) groups is 8. The van der Waals surface area contributed by atoms with E-state index in [9.17, 15) is 48.3 Å². The Kier molecular flexibility index (Phi) is 15.7. The highest BCUT2D eigenvalue weighted by atomic mass is 16.7. The lowest BCUT2D eigenvalue weighted by atomic mass is 9.86. The SMILES string of the molecule is CC[C@@]1(O)C(=O)OCc2c1cc1n(c2=O)Cc2c-1nc1cc3c(cc1c2CNC(=O)OCc1ccc(NC(=O)[C@H](CCCNC(N)=O)CC(=O)[C@@H](NC(=O)CCCCCN2C(=O)C=CC2=O)C(C)C)cc1)OCO3. The van der Waals surface area contributed by atoms with Crippen molar-refractivity contribution in [3.05, 3.63) is 92.8 Å². The van der Waals surface area contributed by atoms with Crippen molar-refractivity contribution >= 4 is 64.1 Å². The number of unbranched alkanes of at least 4 members (excludes halogenated alkanes) is 2. The molecule has 4 aliphatic rings. The van der Waals surface area contributed by atoms with E-state index in [1.807, 2.05) is 0 Å². The van der Waals surface area contributed by atoms with Gasteiger partial charge in [-0.2, -0.15) is 0 Å². The normalized spacial score (nSPS) is 16.8. The molecule has 0 aliphatic carbocycles. The number of pyridine rings is 2. The lowest BCUT2D eigenvalue weighted by Gasteiger charge is -2.31. The number of rotatable bonds is 22. The molecule has 0 bridgehead atoms. The average Bonchev–Trinajstić information content (AvgIpc) is 4.09. The second-order valence-corrected chi connectivity index (χ2v) is 18.9. The van der Waals surface area contributed by atoms with E-state index in [2.05, 4.69) is 21.3 Å². The second kappa shape index (κ2) is 22.3. The first-order valence-corrected chi connectivity index (χ1v) is 24.6. The summed E-state index contributed by atoms with van der Waals surface area (Å²) in [6.45, 7) is 5.24. The predicted octanol–water partition coefficient (Wildman–Crippen LogP) is 3.82. The van der Waals surface area contributed by atoms with Gasteiger partial charge in [-0.25, -0.2) is 19.4 Å². The largest absolute Gasteiger partial charge is 0.458 e. The van der Waals surface area contributed by atoms with Crippen LogP contribution >= 0.6 is 0 Å². The third-order valence-electron chi connectivity index (χ3n) is 13.7. The maximum Gasteiger partial charge on any atom is 0.407 e. The van der Waals surface area contributed by atoms with Crippen LogP contribution in [0.15, 0.2) is 59.4 Å². The number of nitrogens with two attached hydrogens (primary N) is 1. The number of ether oxygens (including phenoxy) is 4. The Morgan fingerprint density at radius 3 is 2.34 bits per heavy atom. The number of Topliss-reactive ketones (excluding diaryl/α,β-unsaturated/α-hetero) is 1. The molecule has 8 rings (SSSR count). The Morgan fingerprint density at radius 2 is 1.64 bits per heavy atom. The van der Waals surface area contributed by atoms with Crippen molar-refractivity contribution in [3.8, 4) is 22.9 Å². The third-order valence-corrected chi connectivity index (χ3v) is 13.7. The van der Waals surface area contributed by atoms with Crippen molar-refractivity contribution in [1.29, 1.82) is 0 Å². The number of imide groups is 1. The number of benzene rings is 2. The molecule has 2 aromatic carbocycles. The number of fused-ring (bicyclic) bond motifs is 6. The fourth-order valence-corrected chi connectivity index (χ4v) is 9.55. The van der Waals surface area contributed by atoms with Crippen LogP contribution in [0.1, 0.15) is 100.0 Å². The molecule has 390 valence electrons. The van der Waals surface area contributed by atoms with Crippen molar-refractivity contribution in [1.82, 2.24) is 30.4 Å². The highest BCUT2D eigenvalue weighted by Crippen LogP contribution is 2.43. The van der Waals surface area contributed by atoms with Crippen molar-refractivity contribution < 1.29 is 62.4 Å². The number of urea groups is 1. The van der Waals surface area contributed by atoms with Gasteiger partial charge in [-0.3, -0.25) is 33.7 Å². The van der Waals surface area contributed by atoms with Gasteiger partial charge in [-0.15, -0.1) is 0 Å². The summed E-state index contributed by atoms with van der Waals surface area (Å²) < 4.78 is 23.6. The average molecular weight is 1020 g/mol. The lowest BCUT2D eigenvalue weighted by Crippen LogP contribution is -2.45. The van der Waals surface area contributed by atoms with Crippen LogP contribution in [0.2, 0.25) is 0 Å². The second-order valence-electron chi connectivity index (χ2n) is 18.9. The Morgan fingerprint density at radius 1 is 0.905 bits per heavy atom. The number of anilines is 1. The summed E-state index contributed by atoms with van der Waals surface area (Å²) in [5.74, 6) is -2.89. The van der Waals surface area contributed by atoms with Crippen molar-refractivity contribution in [2.45, 2.75) is 110 Å². The molecule has 0 radical (unpaired) electrons. The molecule has 7 N–H and O–H groups in total. The standard InChI is InChI=1S/C52H58N8O14/c1-4-52(70)36-21-38-46-34(24-60(38)48(66)35(36)26-71-49(52)67)33(32-20-40-41(74-27-73-40)22-37(32)57-46)23-55-51(69)72-25-29-11-13-31(14-12-29)56-47(65)30(9-8-17-54-50(53)68)19-39(61)45(28(2)3)58-42(62)10-6-5-7-18-59-43(63)15-16-44(59)64/h11-16,20-22,28,30,45,70H,4-10,17-19,23-27H2,1-3H3,(H,55,69)(H,56,65)(H,58,62)(H3,53,54,68)/t30-,45+,52+/m1/s1. The van der Waals surface area contributed by atoms with Gasteiger partial charge in [0.05, 0.1) is 35.1 Å². The molecule has 22 nitrogen and oxygen atoms in total. The zero-order valence-electron chi connectivity index (χ0n) is 41.2. The van der Waals surface area contributed by atoms with Gasteiger partial charge in [0.25, 0.3) is 17.4 Å². The Labute approximate surface area is 424 Å². The smallest absolute Gasteiger partial charge is 0.407 e. The molecule has 7 amide bonds. The summed E-state index contributed by atoms with van der Waals surface area (Å²) in [7, 11) is 0. The monoisotopic (exact) mass is 1020 g/mol. The van der Waals surface area contributed by atoms with Gasteiger partial charge in [0.15, 0.2) is 22.9 Å². The van der Waals surface area contributed by atoms with E-state index in [4.69, 9.17) is 29.7 Å². The number of amides is 7. The number of nitrogens with zero attached hydrogens (tertiary/aromatic N) is 3. The summed E-state index contributed by atoms with van der Waals surface area (Å²) in [4.78, 5) is 121. The first-order chi connectivity index (χ1) is 35.4. The summed E-state index contributed by atoms with van der Waals surface area (Å²) in [5, 5.41) is 23.0. The minimum absolute atomic E-state index is 0.00898. The Bertz CT molecular complexity index is 3010. The number of aliphatic hydroxyl groups is 1. The van der Waals surface area contributed by atoms with Crippen molar-refractivity contribution in [3.63, 3.8) is 0 Å². The predicted molar refractivity (Wildman–Crippen MR) is 264 cm³/mol. The fraction of sp³-hybridized carbons (Fsp3) is 0.423. The van der Waals surface area contributed by atoms with Crippen LogP contribution in [0.4, 0.5) is 15.3 Å². The van der Waals surface area contributed by atoms with Crippen LogP contribution in [0.3, 0.4) is 0 Å².